The van der Waals surface area contributed by atoms with Gasteiger partial charge in [0.2, 0.25) is 0 Å². The van der Waals surface area contributed by atoms with Crippen LogP contribution in [0.25, 0.3) is 6.08 Å². The summed E-state index contributed by atoms with van der Waals surface area (Å²) in [5.74, 6) is 0.154. The molecule has 12 heteroatoms. The molecule has 38 heavy (non-hydrogen) atoms. The van der Waals surface area contributed by atoms with E-state index in [-0.39, 0.29) is 27.2 Å². The van der Waals surface area contributed by atoms with Gasteiger partial charge < -0.3 is 9.47 Å². The van der Waals surface area contributed by atoms with Crippen molar-refractivity contribution >= 4 is 51.7 Å². The lowest BCUT2D eigenvalue weighted by Crippen LogP contribution is -2.27. The standard InChI is InChI=1S/C26H19F3N2O5S2/c1-2-35-22-12-16(10-11-21(22)36-15-17-6-3-4-9-20(17)31(33)34)13-23-24(32)30(25(37)38-23)19-8-5-7-18(14-19)26(27,28)29/h3-14H,2,15H2,1H3/b23-13-. The van der Waals surface area contributed by atoms with Crippen molar-refractivity contribution in [3.8, 4) is 11.5 Å². The van der Waals surface area contributed by atoms with Crippen LogP contribution in [0.5, 0.6) is 11.5 Å². The minimum absolute atomic E-state index is 0.0273. The van der Waals surface area contributed by atoms with E-state index in [9.17, 15) is 28.1 Å². The third kappa shape index (κ3) is 5.97. The molecule has 196 valence electrons. The average molecular weight is 561 g/mol. The lowest BCUT2D eigenvalue weighted by atomic mass is 10.1. The number of hydrogen-bond donors (Lipinski definition) is 0. The largest absolute Gasteiger partial charge is 0.490 e. The van der Waals surface area contributed by atoms with Gasteiger partial charge in [-0.15, -0.1) is 0 Å². The van der Waals surface area contributed by atoms with Crippen molar-refractivity contribution in [2.24, 2.45) is 0 Å². The zero-order chi connectivity index (χ0) is 27.4. The summed E-state index contributed by atoms with van der Waals surface area (Å²) in [5.41, 5.74) is 0.0356. The first-order valence-corrected chi connectivity index (χ1v) is 12.4. The fourth-order valence-electron chi connectivity index (χ4n) is 3.63. The van der Waals surface area contributed by atoms with Gasteiger partial charge in [-0.05, 0) is 55.0 Å². The molecule has 4 rings (SSSR count). The maximum atomic E-state index is 13.1. The number of nitro groups is 1. The summed E-state index contributed by atoms with van der Waals surface area (Å²) >= 11 is 6.25. The number of thioether (sulfide) groups is 1. The Morgan fingerprint density at radius 2 is 1.82 bits per heavy atom. The van der Waals surface area contributed by atoms with Gasteiger partial charge in [0.1, 0.15) is 6.61 Å². The topological polar surface area (TPSA) is 81.9 Å². The van der Waals surface area contributed by atoms with Crippen LogP contribution in [0, 0.1) is 10.1 Å². The van der Waals surface area contributed by atoms with Crippen molar-refractivity contribution in [1.29, 1.82) is 0 Å². The summed E-state index contributed by atoms with van der Waals surface area (Å²) in [6, 6.07) is 15.5. The van der Waals surface area contributed by atoms with Crippen LogP contribution in [0.1, 0.15) is 23.6 Å². The molecule has 0 radical (unpaired) electrons. The van der Waals surface area contributed by atoms with Crippen LogP contribution in [-0.2, 0) is 17.6 Å². The number of anilines is 1. The second-order valence-electron chi connectivity index (χ2n) is 7.88. The van der Waals surface area contributed by atoms with E-state index in [1.165, 1.54) is 18.2 Å². The quantitative estimate of drug-likeness (QED) is 0.127. The number of hydrogen-bond acceptors (Lipinski definition) is 7. The second kappa shape index (κ2) is 11.2. The highest BCUT2D eigenvalue weighted by Gasteiger charge is 2.36. The fraction of sp³-hybridized carbons (Fsp3) is 0.154. The van der Waals surface area contributed by atoms with E-state index in [1.807, 2.05) is 0 Å². The summed E-state index contributed by atoms with van der Waals surface area (Å²) in [6.45, 7) is 2.02. The SMILES string of the molecule is CCOc1cc(/C=C2\SC(=S)N(c3cccc(C(F)(F)F)c3)C2=O)ccc1OCc1ccccc1[N+](=O)[O-]. The van der Waals surface area contributed by atoms with Gasteiger partial charge in [-0.3, -0.25) is 19.8 Å². The number of nitro benzene ring substituents is 1. The zero-order valence-corrected chi connectivity index (χ0v) is 21.4. The lowest BCUT2D eigenvalue weighted by molar-refractivity contribution is -0.385. The summed E-state index contributed by atoms with van der Waals surface area (Å²) in [4.78, 5) is 25.1. The van der Waals surface area contributed by atoms with Crippen LogP contribution in [0.4, 0.5) is 24.5 Å². The second-order valence-corrected chi connectivity index (χ2v) is 9.55. The molecule has 0 aromatic heterocycles. The molecule has 1 amide bonds. The maximum absolute atomic E-state index is 13.1. The number of ether oxygens (including phenoxy) is 2. The van der Waals surface area contributed by atoms with E-state index < -0.39 is 22.6 Å². The number of rotatable bonds is 8. The highest BCUT2D eigenvalue weighted by atomic mass is 32.2. The first-order chi connectivity index (χ1) is 18.1. The molecule has 7 nitrogen and oxygen atoms in total. The van der Waals surface area contributed by atoms with Gasteiger partial charge in [-0.1, -0.05) is 48.2 Å². The van der Waals surface area contributed by atoms with Crippen LogP contribution in [0.3, 0.4) is 0 Å². The Balaban J connectivity index is 1.57. The Hall–Kier alpha value is -3.90. The molecule has 1 fully saturated rings. The van der Waals surface area contributed by atoms with Gasteiger partial charge in [0.25, 0.3) is 11.6 Å². The van der Waals surface area contributed by atoms with E-state index in [1.54, 1.807) is 49.4 Å². The van der Waals surface area contributed by atoms with Crippen LogP contribution < -0.4 is 14.4 Å². The van der Waals surface area contributed by atoms with Gasteiger partial charge in [0.05, 0.1) is 33.2 Å². The average Bonchev–Trinajstić information content (AvgIpc) is 3.15. The molecule has 0 saturated carbocycles. The Morgan fingerprint density at radius 1 is 1.05 bits per heavy atom. The highest BCUT2D eigenvalue weighted by Crippen LogP contribution is 2.39. The summed E-state index contributed by atoms with van der Waals surface area (Å²) in [5, 5.41) is 11.3. The minimum Gasteiger partial charge on any atom is -0.490 e. The molecule has 0 unspecified atom stereocenters. The normalized spacial score (nSPS) is 14.7. The minimum atomic E-state index is -4.56. The van der Waals surface area contributed by atoms with Crippen LogP contribution in [0.15, 0.2) is 71.6 Å². The number of thiocarbonyl (C=S) groups is 1. The molecule has 1 saturated heterocycles. The molecule has 0 spiro atoms. The van der Waals surface area contributed by atoms with Gasteiger partial charge in [-0.2, -0.15) is 13.2 Å². The molecule has 3 aromatic carbocycles. The van der Waals surface area contributed by atoms with Gasteiger partial charge in [0, 0.05) is 6.07 Å². The predicted molar refractivity (Wildman–Crippen MR) is 142 cm³/mol. The number of nitrogens with zero attached hydrogens (tertiary/aromatic N) is 2. The Kier molecular flexibility index (Phi) is 8.02. The zero-order valence-electron chi connectivity index (χ0n) is 19.7. The number of amides is 1. The third-order valence-electron chi connectivity index (χ3n) is 5.36. The van der Waals surface area contributed by atoms with Crippen LogP contribution in [0.2, 0.25) is 0 Å². The van der Waals surface area contributed by atoms with Crippen molar-refractivity contribution in [2.45, 2.75) is 19.7 Å². The van der Waals surface area contributed by atoms with Gasteiger partial charge in [-0.25, -0.2) is 0 Å². The molecular weight excluding hydrogens is 541 g/mol. The van der Waals surface area contributed by atoms with E-state index in [4.69, 9.17) is 21.7 Å². The molecule has 0 aliphatic carbocycles. The van der Waals surface area contributed by atoms with E-state index >= 15 is 0 Å². The Morgan fingerprint density at radius 3 is 2.53 bits per heavy atom. The molecule has 1 aliphatic rings. The number of carbonyl (C=O) groups is 1. The first kappa shape index (κ1) is 27.1. The number of halogens is 3. The molecule has 0 atom stereocenters. The molecule has 1 heterocycles. The van der Waals surface area contributed by atoms with Gasteiger partial charge in [0.15, 0.2) is 15.8 Å². The summed E-state index contributed by atoms with van der Waals surface area (Å²) in [6.07, 6.45) is -3.00. The van der Waals surface area contributed by atoms with Crippen molar-refractivity contribution in [2.75, 3.05) is 11.5 Å². The van der Waals surface area contributed by atoms with Crippen molar-refractivity contribution in [3.05, 3.63) is 98.4 Å². The van der Waals surface area contributed by atoms with Crippen molar-refractivity contribution < 1.29 is 32.4 Å². The number of alkyl halides is 3. The number of carbonyl (C=O) groups excluding carboxylic acids is 1. The number of para-hydroxylation sites is 1. The molecule has 0 bridgehead atoms. The Bertz CT molecular complexity index is 1440. The number of benzene rings is 3. The van der Waals surface area contributed by atoms with E-state index in [2.05, 4.69) is 0 Å². The van der Waals surface area contributed by atoms with Crippen molar-refractivity contribution in [3.63, 3.8) is 0 Å². The van der Waals surface area contributed by atoms with Crippen LogP contribution >= 0.6 is 24.0 Å². The lowest BCUT2D eigenvalue weighted by Gasteiger charge is -2.16. The van der Waals surface area contributed by atoms with E-state index in [0.717, 1.165) is 28.8 Å². The smallest absolute Gasteiger partial charge is 0.416 e. The van der Waals surface area contributed by atoms with Crippen molar-refractivity contribution in [1.82, 2.24) is 0 Å². The fourth-order valence-corrected chi connectivity index (χ4v) is 4.93. The third-order valence-corrected chi connectivity index (χ3v) is 6.66. The first-order valence-electron chi connectivity index (χ1n) is 11.2. The molecular formula is C26H19F3N2O5S2. The van der Waals surface area contributed by atoms with E-state index in [0.29, 0.717) is 29.2 Å². The molecule has 1 aliphatic heterocycles. The summed E-state index contributed by atoms with van der Waals surface area (Å²) < 4.78 is 51.0. The monoisotopic (exact) mass is 560 g/mol. The Labute approximate surface area is 225 Å². The highest BCUT2D eigenvalue weighted by molar-refractivity contribution is 8.27. The molecule has 0 N–H and O–H groups in total. The summed E-state index contributed by atoms with van der Waals surface area (Å²) in [7, 11) is 0. The van der Waals surface area contributed by atoms with Gasteiger partial charge >= 0.3 is 6.18 Å². The molecule has 3 aromatic rings. The predicted octanol–water partition coefficient (Wildman–Crippen LogP) is 7.00. The van der Waals surface area contributed by atoms with Crippen LogP contribution in [-0.4, -0.2) is 21.8 Å². The maximum Gasteiger partial charge on any atom is 0.416 e.